The molecular formula is C12H19BrN2O. The molecule has 16 heavy (non-hydrogen) atoms. The summed E-state index contributed by atoms with van der Waals surface area (Å²) in [6, 6.07) is 6.32. The van der Waals surface area contributed by atoms with Crippen LogP contribution in [0.1, 0.15) is 12.5 Å². The summed E-state index contributed by atoms with van der Waals surface area (Å²) < 4.78 is 1.08. The summed E-state index contributed by atoms with van der Waals surface area (Å²) in [6.45, 7) is 2.98. The summed E-state index contributed by atoms with van der Waals surface area (Å²) in [7, 11) is 3.93. The zero-order chi connectivity index (χ0) is 12.1. The van der Waals surface area contributed by atoms with E-state index in [-0.39, 0.29) is 12.6 Å². The second kappa shape index (κ2) is 6.23. The number of aliphatic hydroxyl groups excluding tert-OH is 1. The Labute approximate surface area is 106 Å². The van der Waals surface area contributed by atoms with Crippen molar-refractivity contribution in [1.29, 1.82) is 0 Å². The van der Waals surface area contributed by atoms with Gasteiger partial charge in [-0.3, -0.25) is 0 Å². The molecule has 0 aliphatic heterocycles. The van der Waals surface area contributed by atoms with Crippen molar-refractivity contribution in [2.24, 2.45) is 0 Å². The normalized spacial score (nSPS) is 12.6. The maximum absolute atomic E-state index is 9.18. The monoisotopic (exact) mass is 286 g/mol. The lowest BCUT2D eigenvalue weighted by Crippen LogP contribution is -2.32. The van der Waals surface area contributed by atoms with E-state index < -0.39 is 0 Å². The van der Waals surface area contributed by atoms with E-state index in [4.69, 9.17) is 0 Å². The lowest BCUT2D eigenvalue weighted by molar-refractivity contribution is 0.270. The molecule has 0 heterocycles. The molecule has 90 valence electrons. The minimum atomic E-state index is 0.122. The minimum absolute atomic E-state index is 0.122. The highest BCUT2D eigenvalue weighted by Crippen LogP contribution is 2.25. The number of rotatable bonds is 5. The maximum atomic E-state index is 9.18. The molecule has 0 saturated heterocycles. The SMILES string of the molecule is CNCc1cc(Br)ccc1N(C)C(C)CO. The first-order valence-electron chi connectivity index (χ1n) is 5.36. The maximum Gasteiger partial charge on any atom is 0.0632 e. The van der Waals surface area contributed by atoms with Gasteiger partial charge in [-0.05, 0) is 37.7 Å². The van der Waals surface area contributed by atoms with E-state index >= 15 is 0 Å². The molecule has 0 radical (unpaired) electrons. The lowest BCUT2D eigenvalue weighted by Gasteiger charge is -2.27. The number of hydrogen-bond acceptors (Lipinski definition) is 3. The molecule has 0 spiro atoms. The van der Waals surface area contributed by atoms with E-state index in [9.17, 15) is 5.11 Å². The van der Waals surface area contributed by atoms with Gasteiger partial charge in [0.15, 0.2) is 0 Å². The summed E-state index contributed by atoms with van der Waals surface area (Å²) in [5, 5.41) is 12.3. The van der Waals surface area contributed by atoms with Crippen molar-refractivity contribution in [2.75, 3.05) is 25.6 Å². The first kappa shape index (κ1) is 13.5. The second-order valence-electron chi connectivity index (χ2n) is 3.95. The third-order valence-corrected chi connectivity index (χ3v) is 3.21. The Kier molecular flexibility index (Phi) is 5.25. The number of nitrogens with one attached hydrogen (secondary N) is 1. The van der Waals surface area contributed by atoms with Gasteiger partial charge in [0, 0.05) is 29.8 Å². The molecule has 0 bridgehead atoms. The molecule has 0 amide bonds. The van der Waals surface area contributed by atoms with Crippen molar-refractivity contribution in [3.8, 4) is 0 Å². The van der Waals surface area contributed by atoms with Crippen molar-refractivity contribution in [1.82, 2.24) is 5.32 Å². The van der Waals surface area contributed by atoms with Gasteiger partial charge in [-0.2, -0.15) is 0 Å². The fourth-order valence-corrected chi connectivity index (χ4v) is 2.00. The van der Waals surface area contributed by atoms with Crippen molar-refractivity contribution in [3.63, 3.8) is 0 Å². The molecule has 1 atom stereocenters. The van der Waals surface area contributed by atoms with Crippen LogP contribution in [0.15, 0.2) is 22.7 Å². The molecule has 0 aliphatic carbocycles. The van der Waals surface area contributed by atoms with Crippen LogP contribution in [0.5, 0.6) is 0 Å². The molecule has 3 nitrogen and oxygen atoms in total. The van der Waals surface area contributed by atoms with Gasteiger partial charge < -0.3 is 15.3 Å². The molecule has 1 rings (SSSR count). The first-order chi connectivity index (χ1) is 7.60. The highest BCUT2D eigenvalue weighted by Gasteiger charge is 2.12. The zero-order valence-electron chi connectivity index (χ0n) is 10.00. The predicted molar refractivity (Wildman–Crippen MR) is 71.9 cm³/mol. The van der Waals surface area contributed by atoms with E-state index in [1.54, 1.807) is 0 Å². The predicted octanol–water partition coefficient (Wildman–Crippen LogP) is 1.99. The molecule has 0 fully saturated rings. The second-order valence-corrected chi connectivity index (χ2v) is 4.86. The number of anilines is 1. The fourth-order valence-electron chi connectivity index (χ4n) is 1.59. The van der Waals surface area contributed by atoms with Crippen molar-refractivity contribution in [3.05, 3.63) is 28.2 Å². The number of halogens is 1. The van der Waals surface area contributed by atoms with Crippen LogP contribution < -0.4 is 10.2 Å². The van der Waals surface area contributed by atoms with Gasteiger partial charge in [0.2, 0.25) is 0 Å². The van der Waals surface area contributed by atoms with Gasteiger partial charge in [-0.1, -0.05) is 15.9 Å². The zero-order valence-corrected chi connectivity index (χ0v) is 11.6. The van der Waals surface area contributed by atoms with E-state index in [0.717, 1.165) is 16.7 Å². The Bertz CT molecular complexity index is 344. The fraction of sp³-hybridized carbons (Fsp3) is 0.500. The summed E-state index contributed by atoms with van der Waals surface area (Å²) in [4.78, 5) is 2.10. The molecular weight excluding hydrogens is 268 g/mol. The highest BCUT2D eigenvalue weighted by molar-refractivity contribution is 9.10. The third-order valence-electron chi connectivity index (χ3n) is 2.71. The number of benzene rings is 1. The van der Waals surface area contributed by atoms with Crippen LogP contribution in [0.2, 0.25) is 0 Å². The Morgan fingerprint density at radius 3 is 2.75 bits per heavy atom. The molecule has 4 heteroatoms. The van der Waals surface area contributed by atoms with Gasteiger partial charge in [0.1, 0.15) is 0 Å². The molecule has 0 saturated carbocycles. The van der Waals surface area contributed by atoms with Crippen LogP contribution in [0.3, 0.4) is 0 Å². The van der Waals surface area contributed by atoms with E-state index in [1.165, 1.54) is 5.56 Å². The largest absolute Gasteiger partial charge is 0.394 e. The Morgan fingerprint density at radius 1 is 1.50 bits per heavy atom. The van der Waals surface area contributed by atoms with E-state index in [1.807, 2.05) is 27.1 Å². The van der Waals surface area contributed by atoms with Crippen molar-refractivity contribution >= 4 is 21.6 Å². The third kappa shape index (κ3) is 3.20. The molecule has 2 N–H and O–H groups in total. The summed E-state index contributed by atoms with van der Waals surface area (Å²) >= 11 is 3.47. The van der Waals surface area contributed by atoms with Crippen LogP contribution in [0.25, 0.3) is 0 Å². The molecule has 0 aromatic heterocycles. The molecule has 1 aromatic carbocycles. The quantitative estimate of drug-likeness (QED) is 0.869. The van der Waals surface area contributed by atoms with Crippen LogP contribution in [0.4, 0.5) is 5.69 Å². The average molecular weight is 287 g/mol. The smallest absolute Gasteiger partial charge is 0.0632 e. The van der Waals surface area contributed by atoms with Gasteiger partial charge in [-0.15, -0.1) is 0 Å². The van der Waals surface area contributed by atoms with E-state index in [2.05, 4.69) is 38.3 Å². The van der Waals surface area contributed by atoms with Gasteiger partial charge >= 0.3 is 0 Å². The Morgan fingerprint density at radius 2 is 2.19 bits per heavy atom. The van der Waals surface area contributed by atoms with Gasteiger partial charge in [0.05, 0.1) is 6.61 Å². The number of hydrogen-bond donors (Lipinski definition) is 2. The highest BCUT2D eigenvalue weighted by atomic mass is 79.9. The average Bonchev–Trinajstić information content (AvgIpc) is 2.28. The Balaban J connectivity index is 3.01. The molecule has 0 aliphatic rings. The van der Waals surface area contributed by atoms with Gasteiger partial charge in [-0.25, -0.2) is 0 Å². The summed E-state index contributed by atoms with van der Waals surface area (Å²) in [5.74, 6) is 0. The van der Waals surface area contributed by atoms with Crippen LogP contribution in [-0.2, 0) is 6.54 Å². The van der Waals surface area contributed by atoms with E-state index in [0.29, 0.717) is 0 Å². The summed E-state index contributed by atoms with van der Waals surface area (Å²) in [6.07, 6.45) is 0. The van der Waals surface area contributed by atoms with Crippen molar-refractivity contribution < 1.29 is 5.11 Å². The lowest BCUT2D eigenvalue weighted by atomic mass is 10.1. The summed E-state index contributed by atoms with van der Waals surface area (Å²) in [5.41, 5.74) is 2.37. The minimum Gasteiger partial charge on any atom is -0.394 e. The first-order valence-corrected chi connectivity index (χ1v) is 6.16. The molecule has 1 aromatic rings. The van der Waals surface area contributed by atoms with Crippen LogP contribution >= 0.6 is 15.9 Å². The van der Waals surface area contributed by atoms with Gasteiger partial charge in [0.25, 0.3) is 0 Å². The van der Waals surface area contributed by atoms with Crippen LogP contribution in [0, 0.1) is 0 Å². The van der Waals surface area contributed by atoms with Crippen LogP contribution in [-0.4, -0.2) is 31.9 Å². The topological polar surface area (TPSA) is 35.5 Å². The number of nitrogens with zero attached hydrogens (tertiary/aromatic N) is 1. The number of likely N-dealkylation sites (N-methyl/N-ethyl adjacent to an activating group) is 1. The molecule has 1 unspecified atom stereocenters. The van der Waals surface area contributed by atoms with Crippen molar-refractivity contribution in [2.45, 2.75) is 19.5 Å². The standard InChI is InChI=1S/C12H19BrN2O/c1-9(8-16)15(3)12-5-4-11(13)6-10(12)7-14-2/h4-6,9,14,16H,7-8H2,1-3H3. The Hall–Kier alpha value is -0.580. The number of aliphatic hydroxyl groups is 1.